The molecule has 100 valence electrons. The Balaban J connectivity index is 2.03. The first kappa shape index (κ1) is 12.4. The van der Waals surface area contributed by atoms with Gasteiger partial charge in [-0.25, -0.2) is 4.98 Å². The minimum Gasteiger partial charge on any atom is -0.332 e. The lowest BCUT2D eigenvalue weighted by atomic mass is 9.96. The Bertz CT molecular complexity index is 583. The Hall–Kier alpha value is -1.61. The van der Waals surface area contributed by atoms with Gasteiger partial charge in [-0.15, -0.1) is 0 Å². The molecule has 1 aliphatic heterocycles. The van der Waals surface area contributed by atoms with Gasteiger partial charge in [0.1, 0.15) is 0 Å². The van der Waals surface area contributed by atoms with E-state index >= 15 is 0 Å². The number of benzene rings is 1. The first-order chi connectivity index (χ1) is 9.16. The number of hydrogen-bond acceptors (Lipinski definition) is 2. The van der Waals surface area contributed by atoms with Crippen molar-refractivity contribution in [2.24, 2.45) is 0 Å². The first-order valence-corrected chi connectivity index (χ1v) is 7.02. The predicted molar refractivity (Wildman–Crippen MR) is 77.3 cm³/mol. The lowest BCUT2D eigenvalue weighted by Crippen LogP contribution is -2.31. The summed E-state index contributed by atoms with van der Waals surface area (Å²) in [4.78, 5) is 4.67. The fourth-order valence-electron chi connectivity index (χ4n) is 2.90. The smallest absolute Gasteiger partial charge is 0.0954 e. The quantitative estimate of drug-likeness (QED) is 0.894. The SMILES string of the molecule is Cc1cccc(C2NCCc3c2ncn3C(C)C)c1. The third kappa shape index (κ3) is 2.19. The van der Waals surface area contributed by atoms with Gasteiger partial charge in [-0.05, 0) is 26.3 Å². The van der Waals surface area contributed by atoms with Crippen LogP contribution < -0.4 is 5.32 Å². The summed E-state index contributed by atoms with van der Waals surface area (Å²) in [5, 5.41) is 3.60. The lowest BCUT2D eigenvalue weighted by Gasteiger charge is -2.25. The van der Waals surface area contributed by atoms with Gasteiger partial charge < -0.3 is 9.88 Å². The molecule has 0 radical (unpaired) electrons. The normalized spacial score (nSPS) is 18.6. The lowest BCUT2D eigenvalue weighted by molar-refractivity contribution is 0.512. The molecular formula is C16H21N3. The largest absolute Gasteiger partial charge is 0.332 e. The summed E-state index contributed by atoms with van der Waals surface area (Å²) in [5.74, 6) is 0. The van der Waals surface area contributed by atoms with Crippen LogP contribution in [0.25, 0.3) is 0 Å². The second-order valence-electron chi connectivity index (χ2n) is 5.63. The number of rotatable bonds is 2. The molecule has 1 N–H and O–H groups in total. The highest BCUT2D eigenvalue weighted by molar-refractivity contribution is 5.35. The van der Waals surface area contributed by atoms with Crippen LogP contribution in [-0.4, -0.2) is 16.1 Å². The summed E-state index contributed by atoms with van der Waals surface area (Å²) in [7, 11) is 0. The van der Waals surface area contributed by atoms with Gasteiger partial charge in [0, 0.05) is 24.7 Å². The number of aromatic nitrogens is 2. The van der Waals surface area contributed by atoms with Crippen molar-refractivity contribution in [3.05, 3.63) is 53.1 Å². The molecule has 0 bridgehead atoms. The van der Waals surface area contributed by atoms with Crippen molar-refractivity contribution in [1.82, 2.24) is 14.9 Å². The minimum absolute atomic E-state index is 0.239. The maximum Gasteiger partial charge on any atom is 0.0954 e. The zero-order valence-corrected chi connectivity index (χ0v) is 11.9. The molecule has 1 aliphatic rings. The summed E-state index contributed by atoms with van der Waals surface area (Å²) >= 11 is 0. The van der Waals surface area contributed by atoms with Gasteiger partial charge in [-0.1, -0.05) is 29.8 Å². The van der Waals surface area contributed by atoms with Gasteiger partial charge in [0.05, 0.1) is 18.1 Å². The van der Waals surface area contributed by atoms with Crippen LogP contribution in [0, 0.1) is 6.92 Å². The van der Waals surface area contributed by atoms with Crippen LogP contribution in [0.1, 0.15) is 48.4 Å². The third-order valence-electron chi connectivity index (χ3n) is 3.84. The molecule has 1 aromatic heterocycles. The monoisotopic (exact) mass is 255 g/mol. The standard InChI is InChI=1S/C16H21N3/c1-11(2)19-10-18-16-14(19)7-8-17-15(16)13-6-4-5-12(3)9-13/h4-6,9-11,15,17H,7-8H2,1-3H3. The van der Waals surface area contributed by atoms with Crippen LogP contribution in [0.5, 0.6) is 0 Å². The summed E-state index contributed by atoms with van der Waals surface area (Å²) in [6.45, 7) is 7.58. The zero-order valence-electron chi connectivity index (χ0n) is 11.9. The second kappa shape index (κ2) is 4.82. The molecule has 0 spiro atoms. The van der Waals surface area contributed by atoms with Crippen molar-refractivity contribution < 1.29 is 0 Å². The molecule has 0 saturated heterocycles. The first-order valence-electron chi connectivity index (χ1n) is 7.02. The average Bonchev–Trinajstić information content (AvgIpc) is 2.82. The van der Waals surface area contributed by atoms with E-state index in [0.29, 0.717) is 6.04 Å². The summed E-state index contributed by atoms with van der Waals surface area (Å²) in [6.07, 6.45) is 3.06. The number of aryl methyl sites for hydroxylation is 1. The van der Waals surface area contributed by atoms with Crippen LogP contribution in [0.3, 0.4) is 0 Å². The van der Waals surface area contributed by atoms with Crippen molar-refractivity contribution >= 4 is 0 Å². The Morgan fingerprint density at radius 3 is 2.95 bits per heavy atom. The molecule has 3 nitrogen and oxygen atoms in total. The van der Waals surface area contributed by atoms with Crippen molar-refractivity contribution in [3.63, 3.8) is 0 Å². The van der Waals surface area contributed by atoms with E-state index in [-0.39, 0.29) is 6.04 Å². The molecule has 2 heterocycles. The van der Waals surface area contributed by atoms with Gasteiger partial charge >= 0.3 is 0 Å². The van der Waals surface area contributed by atoms with Crippen LogP contribution >= 0.6 is 0 Å². The molecule has 0 aliphatic carbocycles. The number of nitrogens with one attached hydrogen (secondary N) is 1. The van der Waals surface area contributed by atoms with Gasteiger partial charge in [0.25, 0.3) is 0 Å². The Labute approximate surface area is 114 Å². The number of fused-ring (bicyclic) bond motifs is 1. The van der Waals surface area contributed by atoms with E-state index in [0.717, 1.165) is 13.0 Å². The third-order valence-corrected chi connectivity index (χ3v) is 3.84. The Kier molecular flexibility index (Phi) is 3.15. The minimum atomic E-state index is 0.239. The summed E-state index contributed by atoms with van der Waals surface area (Å²) in [6, 6.07) is 9.42. The fourth-order valence-corrected chi connectivity index (χ4v) is 2.90. The Morgan fingerprint density at radius 1 is 1.37 bits per heavy atom. The molecule has 1 aromatic carbocycles. The maximum atomic E-state index is 4.67. The zero-order chi connectivity index (χ0) is 13.4. The molecule has 1 atom stereocenters. The molecule has 0 fully saturated rings. The molecular weight excluding hydrogens is 234 g/mol. The van der Waals surface area contributed by atoms with Gasteiger partial charge in [-0.3, -0.25) is 0 Å². The Morgan fingerprint density at radius 2 is 2.21 bits per heavy atom. The van der Waals surface area contributed by atoms with Gasteiger partial charge in [-0.2, -0.15) is 0 Å². The van der Waals surface area contributed by atoms with Crippen molar-refractivity contribution in [2.75, 3.05) is 6.54 Å². The van der Waals surface area contributed by atoms with E-state index in [4.69, 9.17) is 0 Å². The highest BCUT2D eigenvalue weighted by atomic mass is 15.1. The average molecular weight is 255 g/mol. The van der Waals surface area contributed by atoms with Crippen LogP contribution in [0.15, 0.2) is 30.6 Å². The number of hydrogen-bond donors (Lipinski definition) is 1. The molecule has 3 rings (SSSR count). The number of imidazole rings is 1. The highest BCUT2D eigenvalue weighted by Gasteiger charge is 2.26. The van der Waals surface area contributed by atoms with Crippen molar-refractivity contribution in [1.29, 1.82) is 0 Å². The summed E-state index contributed by atoms with van der Waals surface area (Å²) < 4.78 is 2.30. The molecule has 19 heavy (non-hydrogen) atoms. The van der Waals surface area contributed by atoms with E-state index in [9.17, 15) is 0 Å². The predicted octanol–water partition coefficient (Wildman–Crippen LogP) is 3.01. The topological polar surface area (TPSA) is 29.9 Å². The fraction of sp³-hybridized carbons (Fsp3) is 0.438. The van der Waals surface area contributed by atoms with Crippen LogP contribution in [0.4, 0.5) is 0 Å². The summed E-state index contributed by atoms with van der Waals surface area (Å²) in [5.41, 5.74) is 5.20. The highest BCUT2D eigenvalue weighted by Crippen LogP contribution is 2.29. The van der Waals surface area contributed by atoms with E-state index in [1.165, 1.54) is 22.5 Å². The van der Waals surface area contributed by atoms with Crippen molar-refractivity contribution in [2.45, 2.75) is 39.3 Å². The van der Waals surface area contributed by atoms with Crippen molar-refractivity contribution in [3.8, 4) is 0 Å². The molecule has 0 amide bonds. The molecule has 3 heteroatoms. The van der Waals surface area contributed by atoms with E-state index < -0.39 is 0 Å². The molecule has 0 saturated carbocycles. The van der Waals surface area contributed by atoms with Gasteiger partial charge in [0.2, 0.25) is 0 Å². The molecule has 2 aromatic rings. The van der Waals surface area contributed by atoms with Crippen LogP contribution in [-0.2, 0) is 6.42 Å². The van der Waals surface area contributed by atoms with Crippen LogP contribution in [0.2, 0.25) is 0 Å². The van der Waals surface area contributed by atoms with E-state index in [1.807, 2.05) is 6.33 Å². The van der Waals surface area contributed by atoms with E-state index in [2.05, 4.69) is 59.9 Å². The van der Waals surface area contributed by atoms with Gasteiger partial charge in [0.15, 0.2) is 0 Å². The molecule has 1 unspecified atom stereocenters. The van der Waals surface area contributed by atoms with E-state index in [1.54, 1.807) is 0 Å². The maximum absolute atomic E-state index is 4.67. The number of nitrogens with zero attached hydrogens (tertiary/aromatic N) is 2. The second-order valence-corrected chi connectivity index (χ2v) is 5.63.